The van der Waals surface area contributed by atoms with E-state index in [1.54, 1.807) is 0 Å². The smallest absolute Gasteiger partial charge is 0.405 e. The molecule has 5 rings (SSSR count). The van der Waals surface area contributed by atoms with Gasteiger partial charge in [0, 0.05) is 24.9 Å². The molecule has 0 bridgehead atoms. The van der Waals surface area contributed by atoms with Crippen LogP contribution < -0.4 is 10.6 Å². The number of ether oxygens (including phenoxy) is 1. The minimum absolute atomic E-state index is 0.0944. The average Bonchev–Trinajstić information content (AvgIpc) is 3.62. The lowest BCUT2D eigenvalue weighted by Crippen LogP contribution is -2.47. The number of rotatable bonds is 18. The van der Waals surface area contributed by atoms with Gasteiger partial charge in [0.2, 0.25) is 17.6 Å². The molecule has 3 N–H and O–H groups in total. The average molecular weight is 661 g/mol. The summed E-state index contributed by atoms with van der Waals surface area (Å²) in [5.41, 5.74) is 3.44. The van der Waals surface area contributed by atoms with Crippen LogP contribution in [0, 0.1) is 0 Å². The first-order valence-electron chi connectivity index (χ1n) is 17.0. The first-order chi connectivity index (χ1) is 24.0. The first-order valence-corrected chi connectivity index (χ1v) is 17.0. The van der Waals surface area contributed by atoms with Gasteiger partial charge in [-0.05, 0) is 28.7 Å². The summed E-state index contributed by atoms with van der Waals surface area (Å²) in [6.07, 6.45) is 5.44. The van der Waals surface area contributed by atoms with Crippen LogP contribution in [0.1, 0.15) is 73.6 Å². The summed E-state index contributed by atoms with van der Waals surface area (Å²) in [4.78, 5) is 29.6. The lowest BCUT2D eigenvalue weighted by Gasteiger charge is -2.36. The van der Waals surface area contributed by atoms with E-state index in [4.69, 9.17) is 9.26 Å². The number of carbonyl (C=O) groups excluding carboxylic acids is 1. The maximum atomic E-state index is 13.3. The van der Waals surface area contributed by atoms with Gasteiger partial charge in [0.15, 0.2) is 0 Å². The monoisotopic (exact) mass is 660 g/mol. The molecule has 1 unspecified atom stereocenters. The number of carbonyl (C=O) groups is 2. The Morgan fingerprint density at radius 1 is 0.796 bits per heavy atom. The van der Waals surface area contributed by atoms with Crippen LogP contribution in [0.3, 0.4) is 0 Å². The van der Waals surface area contributed by atoms with Crippen molar-refractivity contribution in [2.24, 2.45) is 0 Å². The summed E-state index contributed by atoms with van der Waals surface area (Å²) >= 11 is 0. The van der Waals surface area contributed by atoms with Gasteiger partial charge in [-0.3, -0.25) is 4.79 Å². The second-order valence-electron chi connectivity index (χ2n) is 12.0. The highest BCUT2D eigenvalue weighted by Crippen LogP contribution is 2.40. The molecule has 9 heteroatoms. The number of nitrogens with one attached hydrogen (secondary N) is 2. The maximum absolute atomic E-state index is 13.3. The molecule has 9 nitrogen and oxygen atoms in total. The van der Waals surface area contributed by atoms with E-state index in [2.05, 4.69) is 27.7 Å². The Bertz CT molecular complexity index is 1630. The molecule has 0 radical (unpaired) electrons. The van der Waals surface area contributed by atoms with Crippen LogP contribution in [0.5, 0.6) is 0 Å². The molecule has 1 heterocycles. The molecule has 0 fully saturated rings. The Morgan fingerprint density at radius 2 is 1.37 bits per heavy atom. The zero-order valence-corrected chi connectivity index (χ0v) is 27.9. The maximum Gasteiger partial charge on any atom is 0.405 e. The number of unbranched alkanes of at least 4 members (excludes halogenated alkanes) is 4. The molecular weight excluding hydrogens is 616 g/mol. The zero-order chi connectivity index (χ0) is 34.3. The van der Waals surface area contributed by atoms with Crippen molar-refractivity contribution in [2.45, 2.75) is 70.1 Å². The van der Waals surface area contributed by atoms with Gasteiger partial charge in [-0.15, -0.1) is 0 Å². The van der Waals surface area contributed by atoms with E-state index in [1.807, 2.05) is 115 Å². The van der Waals surface area contributed by atoms with Crippen molar-refractivity contribution in [1.82, 2.24) is 20.8 Å². The Labute approximate surface area is 287 Å². The molecule has 4 aromatic carbocycles. The molecule has 2 amide bonds. The SMILES string of the molecule is CCCCCCCc1nc(-c2ccc(CNC(=O)C(CCOC(c3ccccc3)(c3ccccc3)c3ccccc3)NC(=O)O)cc2)no1. The normalized spacial score (nSPS) is 11.9. The van der Waals surface area contributed by atoms with Gasteiger partial charge < -0.3 is 25.0 Å². The number of amides is 2. The molecular formula is C40H44N4O5. The molecule has 0 aliphatic rings. The number of hydrogen-bond acceptors (Lipinski definition) is 6. The molecule has 5 aromatic rings. The lowest BCUT2D eigenvalue weighted by atomic mass is 9.80. The van der Waals surface area contributed by atoms with Crippen molar-refractivity contribution in [3.05, 3.63) is 143 Å². The second-order valence-corrected chi connectivity index (χ2v) is 12.0. The van der Waals surface area contributed by atoms with Crippen LogP contribution >= 0.6 is 0 Å². The number of hydrogen-bond donors (Lipinski definition) is 3. The number of carboxylic acid groups (broad SMARTS) is 1. The third kappa shape index (κ3) is 9.42. The number of aromatic nitrogens is 2. The van der Waals surface area contributed by atoms with Crippen molar-refractivity contribution in [3.8, 4) is 11.4 Å². The summed E-state index contributed by atoms with van der Waals surface area (Å²) in [5, 5.41) is 19.0. The summed E-state index contributed by atoms with van der Waals surface area (Å²) in [6.45, 7) is 2.51. The van der Waals surface area contributed by atoms with Crippen molar-refractivity contribution >= 4 is 12.0 Å². The first kappa shape index (κ1) is 35.0. The van der Waals surface area contributed by atoms with Gasteiger partial charge in [-0.1, -0.05) is 153 Å². The van der Waals surface area contributed by atoms with Crippen molar-refractivity contribution < 1.29 is 24.0 Å². The van der Waals surface area contributed by atoms with Crippen molar-refractivity contribution in [2.75, 3.05) is 6.61 Å². The number of aryl methyl sites for hydroxylation is 1. The summed E-state index contributed by atoms with van der Waals surface area (Å²) in [5.74, 6) is 0.723. The third-order valence-electron chi connectivity index (χ3n) is 8.52. The largest absolute Gasteiger partial charge is 0.465 e. The van der Waals surface area contributed by atoms with E-state index < -0.39 is 23.6 Å². The van der Waals surface area contributed by atoms with Crippen molar-refractivity contribution in [1.29, 1.82) is 0 Å². The topological polar surface area (TPSA) is 127 Å². The third-order valence-corrected chi connectivity index (χ3v) is 8.52. The van der Waals surface area contributed by atoms with Crippen LogP contribution in [-0.4, -0.2) is 39.9 Å². The van der Waals surface area contributed by atoms with E-state index >= 15 is 0 Å². The second kappa shape index (κ2) is 17.8. The highest BCUT2D eigenvalue weighted by Gasteiger charge is 2.38. The standard InChI is InChI=1S/C40H44N4O5/c1-2-3-4-5-15-22-36-43-37(44-49-36)31-25-23-30(24-26-31)29-41-38(45)35(42-39(46)47)27-28-48-40(32-16-9-6-10-17-32,33-18-11-7-12-19-33)34-20-13-8-14-21-34/h6-14,16-21,23-26,35,42H,2-5,15,22,27-29H2,1H3,(H,41,45)(H,46,47). The number of benzene rings is 4. The minimum atomic E-state index is -1.29. The van der Waals surface area contributed by atoms with E-state index in [-0.39, 0.29) is 19.6 Å². The molecule has 0 saturated heterocycles. The fourth-order valence-corrected chi connectivity index (χ4v) is 5.95. The summed E-state index contributed by atoms with van der Waals surface area (Å²) in [6, 6.07) is 36.2. The fraction of sp³-hybridized carbons (Fsp3) is 0.300. The molecule has 254 valence electrons. The molecule has 0 spiro atoms. The summed E-state index contributed by atoms with van der Waals surface area (Å²) in [7, 11) is 0. The van der Waals surface area contributed by atoms with E-state index in [0.717, 1.165) is 47.1 Å². The molecule has 0 aliphatic heterocycles. The Balaban J connectivity index is 1.23. The van der Waals surface area contributed by atoms with Gasteiger partial charge in [-0.2, -0.15) is 4.98 Å². The van der Waals surface area contributed by atoms with E-state index in [1.165, 1.54) is 19.3 Å². The Morgan fingerprint density at radius 3 is 1.92 bits per heavy atom. The predicted molar refractivity (Wildman–Crippen MR) is 189 cm³/mol. The molecule has 0 saturated carbocycles. The van der Waals surface area contributed by atoms with Crippen LogP contribution in [0.2, 0.25) is 0 Å². The van der Waals surface area contributed by atoms with E-state index in [0.29, 0.717) is 11.7 Å². The quantitative estimate of drug-likeness (QED) is 0.0644. The molecule has 0 aliphatic carbocycles. The Hall–Kier alpha value is -5.28. The summed E-state index contributed by atoms with van der Waals surface area (Å²) < 4.78 is 12.2. The zero-order valence-electron chi connectivity index (χ0n) is 27.9. The highest BCUT2D eigenvalue weighted by molar-refractivity contribution is 5.85. The van der Waals surface area contributed by atoms with Gasteiger partial charge in [0.1, 0.15) is 11.6 Å². The molecule has 1 aromatic heterocycles. The predicted octanol–water partition coefficient (Wildman–Crippen LogP) is 7.90. The Kier molecular flexibility index (Phi) is 12.7. The molecule has 1 atom stereocenters. The van der Waals surface area contributed by atoms with Crippen LogP contribution in [0.15, 0.2) is 120 Å². The van der Waals surface area contributed by atoms with Crippen molar-refractivity contribution in [3.63, 3.8) is 0 Å². The lowest BCUT2D eigenvalue weighted by molar-refractivity contribution is -0.124. The number of nitrogens with zero attached hydrogens (tertiary/aromatic N) is 2. The van der Waals surface area contributed by atoms with E-state index in [9.17, 15) is 14.7 Å². The van der Waals surface area contributed by atoms with Gasteiger partial charge in [0.05, 0.1) is 6.61 Å². The van der Waals surface area contributed by atoms with Crippen LogP contribution in [-0.2, 0) is 28.1 Å². The van der Waals surface area contributed by atoms with Gasteiger partial charge in [0.25, 0.3) is 0 Å². The fourth-order valence-electron chi connectivity index (χ4n) is 5.95. The minimum Gasteiger partial charge on any atom is -0.465 e. The van der Waals surface area contributed by atoms with Gasteiger partial charge >= 0.3 is 6.09 Å². The highest BCUT2D eigenvalue weighted by atomic mass is 16.5. The van der Waals surface area contributed by atoms with Crippen LogP contribution in [0.4, 0.5) is 4.79 Å². The molecule has 49 heavy (non-hydrogen) atoms. The van der Waals surface area contributed by atoms with Crippen LogP contribution in [0.25, 0.3) is 11.4 Å². The van der Waals surface area contributed by atoms with Gasteiger partial charge in [-0.25, -0.2) is 4.79 Å².